The molecule has 4 rings (SSSR count). The van der Waals surface area contributed by atoms with Crippen LogP contribution in [0.25, 0.3) is 5.69 Å². The second kappa shape index (κ2) is 15.4. The zero-order valence-electron chi connectivity index (χ0n) is 24.9. The molecule has 0 aliphatic carbocycles. The van der Waals surface area contributed by atoms with Crippen molar-refractivity contribution in [1.82, 2.24) is 30.0 Å². The number of carbonyl (C=O) groups is 2. The van der Waals surface area contributed by atoms with Crippen LogP contribution in [0.3, 0.4) is 0 Å². The quantitative estimate of drug-likeness (QED) is 0.135. The Balaban J connectivity index is 1.43. The van der Waals surface area contributed by atoms with E-state index in [2.05, 4.69) is 38.2 Å². The van der Waals surface area contributed by atoms with E-state index in [0.29, 0.717) is 18.9 Å². The molecule has 0 aliphatic rings. The van der Waals surface area contributed by atoms with Crippen LogP contribution in [0, 0.1) is 6.92 Å². The second-order valence-corrected chi connectivity index (χ2v) is 11.0. The number of amides is 4. The molecule has 0 saturated carbocycles. The van der Waals surface area contributed by atoms with Crippen molar-refractivity contribution in [3.63, 3.8) is 0 Å². The summed E-state index contributed by atoms with van der Waals surface area (Å²) in [4.78, 5) is 35.2. The van der Waals surface area contributed by atoms with E-state index in [1.807, 2.05) is 56.3 Å². The number of aryl methyl sites for hydroxylation is 2. The Morgan fingerprint density at radius 1 is 0.955 bits per heavy atom. The molecular formula is C30H35Cl2N9O3. The first-order valence-corrected chi connectivity index (χ1v) is 14.8. The van der Waals surface area contributed by atoms with Gasteiger partial charge >= 0.3 is 12.1 Å². The normalized spacial score (nSPS) is 10.9. The van der Waals surface area contributed by atoms with Gasteiger partial charge in [-0.05, 0) is 58.1 Å². The Labute approximate surface area is 266 Å². The first-order chi connectivity index (χ1) is 21.1. The summed E-state index contributed by atoms with van der Waals surface area (Å²) in [6.45, 7) is 5.28. The monoisotopic (exact) mass is 639 g/mol. The van der Waals surface area contributed by atoms with E-state index in [9.17, 15) is 9.59 Å². The van der Waals surface area contributed by atoms with Gasteiger partial charge in [0.2, 0.25) is 5.88 Å². The number of urea groups is 2. The van der Waals surface area contributed by atoms with E-state index < -0.39 is 12.1 Å². The number of halogens is 2. The maximum Gasteiger partial charge on any atom is 0.324 e. The van der Waals surface area contributed by atoms with Crippen molar-refractivity contribution < 1.29 is 14.3 Å². The summed E-state index contributed by atoms with van der Waals surface area (Å²) in [6, 6.07) is 13.3. The van der Waals surface area contributed by atoms with Gasteiger partial charge in [0.25, 0.3) is 0 Å². The van der Waals surface area contributed by atoms with E-state index in [4.69, 9.17) is 33.0 Å². The van der Waals surface area contributed by atoms with Crippen molar-refractivity contribution in [2.75, 3.05) is 43.1 Å². The highest BCUT2D eigenvalue weighted by molar-refractivity contribution is 6.45. The summed E-state index contributed by atoms with van der Waals surface area (Å²) in [5, 5.41) is 15.8. The van der Waals surface area contributed by atoms with E-state index in [-0.39, 0.29) is 33.2 Å². The summed E-state index contributed by atoms with van der Waals surface area (Å²) in [5.74, 6) is 1.07. The first kappa shape index (κ1) is 32.5. The van der Waals surface area contributed by atoms with Crippen molar-refractivity contribution in [1.29, 1.82) is 0 Å². The Morgan fingerprint density at radius 2 is 1.73 bits per heavy atom. The second-order valence-electron chi connectivity index (χ2n) is 10.2. The molecule has 0 radical (unpaired) electrons. The number of aromatic nitrogens is 4. The Bertz CT molecular complexity index is 1590. The number of anilines is 3. The Morgan fingerprint density at radius 3 is 2.45 bits per heavy atom. The minimum atomic E-state index is -0.526. The highest BCUT2D eigenvalue weighted by Crippen LogP contribution is 2.39. The SMILES string of the molecule is CCCCc1cc(NC(=O)Nc2ccc(Oc3cc(NC(=O)NCCN(C)C)ncn3)c(Cl)c2Cl)n(-c2ccc(C)cc2)n1. The molecule has 4 N–H and O–H groups in total. The lowest BCUT2D eigenvalue weighted by Crippen LogP contribution is -2.34. The standard InChI is InChI=1S/C30H35Cl2N9O3/c1-5-6-7-20-16-25(41(39-20)21-10-8-19(2)9-11-21)38-30(43)36-22-12-13-23(28(32)27(22)31)44-26-17-24(34-18-35-26)37-29(42)33-14-15-40(3)4/h8-13,16-18H,5-7,14-15H2,1-4H3,(H2,36,38,43)(H2,33,34,35,37,42). The average molecular weight is 641 g/mol. The van der Waals surface area contributed by atoms with Gasteiger partial charge in [0.15, 0.2) is 0 Å². The van der Waals surface area contributed by atoms with Crippen LogP contribution in [0.15, 0.2) is 54.9 Å². The molecule has 232 valence electrons. The largest absolute Gasteiger partial charge is 0.437 e. The molecule has 12 nitrogen and oxygen atoms in total. The molecule has 2 aromatic carbocycles. The van der Waals surface area contributed by atoms with Gasteiger partial charge in [-0.1, -0.05) is 54.2 Å². The topological polar surface area (TPSA) is 138 Å². The van der Waals surface area contributed by atoms with Crippen molar-refractivity contribution in [2.45, 2.75) is 33.1 Å². The lowest BCUT2D eigenvalue weighted by molar-refractivity contribution is 0.250. The lowest BCUT2D eigenvalue weighted by atomic mass is 10.2. The third-order valence-corrected chi connectivity index (χ3v) is 7.17. The molecule has 0 unspecified atom stereocenters. The molecule has 4 aromatic rings. The van der Waals surface area contributed by atoms with Gasteiger partial charge in [-0.2, -0.15) is 5.10 Å². The number of unbranched alkanes of at least 4 members (excludes halogenated alkanes) is 1. The van der Waals surface area contributed by atoms with Crippen molar-refractivity contribution in [3.8, 4) is 17.3 Å². The van der Waals surface area contributed by atoms with Crippen molar-refractivity contribution in [2.24, 2.45) is 0 Å². The highest BCUT2D eigenvalue weighted by Gasteiger charge is 2.17. The third-order valence-electron chi connectivity index (χ3n) is 6.30. The molecule has 2 aromatic heterocycles. The number of hydrogen-bond donors (Lipinski definition) is 4. The average Bonchev–Trinajstić information content (AvgIpc) is 3.38. The smallest absolute Gasteiger partial charge is 0.324 e. The predicted octanol–water partition coefficient (Wildman–Crippen LogP) is 6.74. The van der Waals surface area contributed by atoms with Gasteiger partial charge in [0.05, 0.1) is 22.1 Å². The van der Waals surface area contributed by atoms with Crippen LogP contribution in [0.1, 0.15) is 31.0 Å². The molecule has 0 atom stereocenters. The number of rotatable bonds is 12. The molecule has 2 heterocycles. The van der Waals surface area contributed by atoms with Crippen LogP contribution in [0.4, 0.5) is 26.9 Å². The number of ether oxygens (including phenoxy) is 1. The van der Waals surface area contributed by atoms with Crippen LogP contribution < -0.4 is 26.0 Å². The first-order valence-electron chi connectivity index (χ1n) is 14.0. The molecule has 0 fully saturated rings. The van der Waals surface area contributed by atoms with Crippen molar-refractivity contribution >= 4 is 52.6 Å². The fourth-order valence-electron chi connectivity index (χ4n) is 3.99. The molecule has 0 aliphatic heterocycles. The minimum absolute atomic E-state index is 0.0607. The van der Waals surface area contributed by atoms with Crippen LogP contribution in [-0.2, 0) is 6.42 Å². The lowest BCUT2D eigenvalue weighted by Gasteiger charge is -2.14. The minimum Gasteiger partial charge on any atom is -0.437 e. The van der Waals surface area contributed by atoms with Crippen LogP contribution in [-0.4, -0.2) is 63.9 Å². The van der Waals surface area contributed by atoms with Crippen LogP contribution in [0.2, 0.25) is 10.0 Å². The van der Waals surface area contributed by atoms with E-state index >= 15 is 0 Å². The number of hydrogen-bond acceptors (Lipinski definition) is 7. The Kier molecular flexibility index (Phi) is 11.4. The Hall–Kier alpha value is -4.39. The number of likely N-dealkylation sites (N-methyl/N-ethyl adjacent to an activating group) is 1. The maximum absolute atomic E-state index is 13.1. The maximum atomic E-state index is 13.1. The summed E-state index contributed by atoms with van der Waals surface area (Å²) in [6.07, 6.45) is 4.06. The summed E-state index contributed by atoms with van der Waals surface area (Å²) >= 11 is 13.0. The third kappa shape index (κ3) is 9.06. The summed E-state index contributed by atoms with van der Waals surface area (Å²) < 4.78 is 7.50. The molecule has 0 bridgehead atoms. The molecule has 4 amide bonds. The zero-order chi connectivity index (χ0) is 31.6. The van der Waals surface area contributed by atoms with Crippen LogP contribution in [0.5, 0.6) is 11.6 Å². The zero-order valence-corrected chi connectivity index (χ0v) is 26.5. The fraction of sp³-hybridized carbons (Fsp3) is 0.300. The van der Waals surface area contributed by atoms with E-state index in [0.717, 1.165) is 36.2 Å². The van der Waals surface area contributed by atoms with Gasteiger partial charge in [-0.25, -0.2) is 24.2 Å². The molecule has 44 heavy (non-hydrogen) atoms. The molecule has 0 saturated heterocycles. The number of nitrogens with one attached hydrogen (secondary N) is 4. The summed E-state index contributed by atoms with van der Waals surface area (Å²) in [7, 11) is 3.82. The van der Waals surface area contributed by atoms with Gasteiger partial charge in [0, 0.05) is 25.2 Å². The predicted molar refractivity (Wildman–Crippen MR) is 174 cm³/mol. The van der Waals surface area contributed by atoms with E-state index in [1.54, 1.807) is 16.8 Å². The summed E-state index contributed by atoms with van der Waals surface area (Å²) in [5.41, 5.74) is 3.09. The number of benzene rings is 2. The van der Waals surface area contributed by atoms with Gasteiger partial charge in [0.1, 0.15) is 28.7 Å². The number of nitrogens with zero attached hydrogens (tertiary/aromatic N) is 5. The van der Waals surface area contributed by atoms with Crippen molar-refractivity contribution in [3.05, 3.63) is 76.2 Å². The van der Waals surface area contributed by atoms with Gasteiger partial charge in [-0.3, -0.25) is 10.6 Å². The molecule has 0 spiro atoms. The van der Waals surface area contributed by atoms with E-state index in [1.165, 1.54) is 12.4 Å². The molecule has 14 heteroatoms. The van der Waals surface area contributed by atoms with Crippen LogP contribution >= 0.6 is 23.2 Å². The highest BCUT2D eigenvalue weighted by atomic mass is 35.5. The number of carbonyl (C=O) groups excluding carboxylic acids is 2. The van der Waals surface area contributed by atoms with Gasteiger partial charge < -0.3 is 20.3 Å². The van der Waals surface area contributed by atoms with Gasteiger partial charge in [-0.15, -0.1) is 0 Å². The fourth-order valence-corrected chi connectivity index (χ4v) is 4.40. The molecular weight excluding hydrogens is 605 g/mol.